The van der Waals surface area contributed by atoms with Crippen LogP contribution in [0.15, 0.2) is 30.6 Å². The van der Waals surface area contributed by atoms with Gasteiger partial charge in [0, 0.05) is 11.1 Å². The average molecular weight is 248 g/mol. The van der Waals surface area contributed by atoms with E-state index in [-0.39, 0.29) is 11.8 Å². The van der Waals surface area contributed by atoms with Crippen molar-refractivity contribution in [1.82, 2.24) is 0 Å². The summed E-state index contributed by atoms with van der Waals surface area (Å²) >= 11 is 0. The summed E-state index contributed by atoms with van der Waals surface area (Å²) in [6.07, 6.45) is 0. The second-order valence-corrected chi connectivity index (χ2v) is 4.99. The first-order valence-electron chi connectivity index (χ1n) is 6.02. The van der Waals surface area contributed by atoms with Gasteiger partial charge in [-0.3, -0.25) is 0 Å². The van der Waals surface area contributed by atoms with Crippen molar-refractivity contribution in [3.63, 3.8) is 0 Å². The SMILES string of the molecule is CC(C)c1ccc(C(C)C)c2oc(=O)c(=O)oc12. The third-order valence-electron chi connectivity index (χ3n) is 2.97. The molecular weight excluding hydrogens is 232 g/mol. The second-order valence-electron chi connectivity index (χ2n) is 4.99. The predicted molar refractivity (Wildman–Crippen MR) is 69.2 cm³/mol. The maximum Gasteiger partial charge on any atom is 0.423 e. The van der Waals surface area contributed by atoms with Gasteiger partial charge < -0.3 is 8.83 Å². The third kappa shape index (κ3) is 1.98. The first-order valence-corrected chi connectivity index (χ1v) is 6.02. The molecule has 1 aromatic carbocycles. The fourth-order valence-electron chi connectivity index (χ4n) is 1.98. The maximum absolute atomic E-state index is 11.3. The second kappa shape index (κ2) is 4.44. The lowest BCUT2D eigenvalue weighted by atomic mass is 9.96. The summed E-state index contributed by atoms with van der Waals surface area (Å²) in [5, 5.41) is 0. The molecule has 0 atom stereocenters. The summed E-state index contributed by atoms with van der Waals surface area (Å²) in [6, 6.07) is 3.84. The highest BCUT2D eigenvalue weighted by atomic mass is 16.5. The molecular formula is C14H16O4. The van der Waals surface area contributed by atoms with Gasteiger partial charge in [0.25, 0.3) is 0 Å². The maximum atomic E-state index is 11.3. The molecule has 4 heteroatoms. The van der Waals surface area contributed by atoms with E-state index < -0.39 is 11.3 Å². The van der Waals surface area contributed by atoms with Gasteiger partial charge in [0.1, 0.15) is 0 Å². The summed E-state index contributed by atoms with van der Waals surface area (Å²) < 4.78 is 10.2. The molecule has 1 aromatic heterocycles. The minimum Gasteiger partial charge on any atom is -0.414 e. The van der Waals surface area contributed by atoms with E-state index in [1.807, 2.05) is 39.8 Å². The van der Waals surface area contributed by atoms with Gasteiger partial charge in [-0.15, -0.1) is 0 Å². The van der Waals surface area contributed by atoms with E-state index in [0.29, 0.717) is 11.2 Å². The quantitative estimate of drug-likeness (QED) is 0.766. The van der Waals surface area contributed by atoms with Crippen LogP contribution in [0.1, 0.15) is 50.7 Å². The van der Waals surface area contributed by atoms with Crippen molar-refractivity contribution >= 4 is 11.2 Å². The molecule has 4 nitrogen and oxygen atoms in total. The van der Waals surface area contributed by atoms with Gasteiger partial charge in [0.2, 0.25) is 0 Å². The molecule has 0 fully saturated rings. The van der Waals surface area contributed by atoms with Gasteiger partial charge >= 0.3 is 11.3 Å². The monoisotopic (exact) mass is 248 g/mol. The molecule has 0 aliphatic rings. The Morgan fingerprint density at radius 2 is 1.11 bits per heavy atom. The number of rotatable bonds is 2. The van der Waals surface area contributed by atoms with Crippen molar-refractivity contribution in [3.8, 4) is 0 Å². The molecule has 1 heterocycles. The Morgan fingerprint density at radius 1 is 0.778 bits per heavy atom. The van der Waals surface area contributed by atoms with E-state index in [4.69, 9.17) is 8.83 Å². The summed E-state index contributed by atoms with van der Waals surface area (Å²) in [4.78, 5) is 22.6. The van der Waals surface area contributed by atoms with Gasteiger partial charge in [-0.25, -0.2) is 9.59 Å². The van der Waals surface area contributed by atoms with Crippen molar-refractivity contribution in [1.29, 1.82) is 0 Å². The lowest BCUT2D eigenvalue weighted by Gasteiger charge is -2.12. The molecule has 0 radical (unpaired) electrons. The number of fused-ring (bicyclic) bond motifs is 1. The molecule has 0 N–H and O–H groups in total. The van der Waals surface area contributed by atoms with Crippen molar-refractivity contribution in [2.45, 2.75) is 39.5 Å². The fourth-order valence-corrected chi connectivity index (χ4v) is 1.98. The first-order chi connectivity index (χ1) is 8.41. The molecule has 18 heavy (non-hydrogen) atoms. The Bertz CT molecular complexity index is 628. The molecule has 0 unspecified atom stereocenters. The molecule has 2 rings (SSSR count). The molecule has 0 spiro atoms. The molecule has 0 bridgehead atoms. The summed E-state index contributed by atoms with van der Waals surface area (Å²) in [5.74, 6) is 0.370. The van der Waals surface area contributed by atoms with Gasteiger partial charge in [0.15, 0.2) is 11.2 Å². The van der Waals surface area contributed by atoms with Crippen LogP contribution in [0.5, 0.6) is 0 Å². The van der Waals surface area contributed by atoms with E-state index in [9.17, 15) is 9.59 Å². The van der Waals surface area contributed by atoms with Crippen molar-refractivity contribution in [3.05, 3.63) is 44.1 Å². The summed E-state index contributed by atoms with van der Waals surface area (Å²) in [7, 11) is 0. The Kier molecular flexibility index (Phi) is 3.11. The van der Waals surface area contributed by atoms with Crippen LogP contribution in [0.3, 0.4) is 0 Å². The van der Waals surface area contributed by atoms with E-state index in [1.54, 1.807) is 0 Å². The molecule has 0 saturated heterocycles. The van der Waals surface area contributed by atoms with Crippen LogP contribution < -0.4 is 11.3 Å². The van der Waals surface area contributed by atoms with Crippen LogP contribution in [-0.2, 0) is 0 Å². The Balaban J connectivity index is 2.95. The fraction of sp³-hybridized carbons (Fsp3) is 0.429. The average Bonchev–Trinajstić information content (AvgIpc) is 2.28. The van der Waals surface area contributed by atoms with E-state index in [2.05, 4.69) is 0 Å². The minimum absolute atomic E-state index is 0.185. The zero-order chi connectivity index (χ0) is 13.4. The zero-order valence-electron chi connectivity index (χ0n) is 10.9. The molecule has 0 aliphatic heterocycles. The normalized spacial score (nSPS) is 11.7. The Labute approximate surface area is 104 Å². The predicted octanol–water partition coefficient (Wildman–Crippen LogP) is 2.99. The first kappa shape index (κ1) is 12.6. The molecule has 0 saturated carbocycles. The Morgan fingerprint density at radius 3 is 1.39 bits per heavy atom. The minimum atomic E-state index is -0.953. The highest BCUT2D eigenvalue weighted by Gasteiger charge is 2.17. The standard InChI is InChI=1S/C14H16O4/c1-7(2)9-5-6-10(8(3)4)12-11(9)17-13(15)14(16)18-12/h5-8H,1-4H3. The molecule has 0 aliphatic carbocycles. The molecule has 2 aromatic rings. The molecule has 0 amide bonds. The molecule has 96 valence electrons. The van der Waals surface area contributed by atoms with E-state index in [0.717, 1.165) is 11.1 Å². The van der Waals surface area contributed by atoms with Crippen molar-refractivity contribution < 1.29 is 8.83 Å². The highest BCUT2D eigenvalue weighted by molar-refractivity contribution is 5.78. The smallest absolute Gasteiger partial charge is 0.414 e. The summed E-state index contributed by atoms with van der Waals surface area (Å²) in [5.41, 5.74) is 0.614. The zero-order valence-corrected chi connectivity index (χ0v) is 10.9. The Hall–Kier alpha value is -1.84. The van der Waals surface area contributed by atoms with Gasteiger partial charge in [0.05, 0.1) is 0 Å². The lowest BCUT2D eigenvalue weighted by Crippen LogP contribution is -2.21. The summed E-state index contributed by atoms with van der Waals surface area (Å²) in [6.45, 7) is 7.98. The van der Waals surface area contributed by atoms with Crippen molar-refractivity contribution in [2.75, 3.05) is 0 Å². The van der Waals surface area contributed by atoms with Crippen LogP contribution in [-0.4, -0.2) is 0 Å². The number of benzene rings is 1. The lowest BCUT2D eigenvalue weighted by molar-refractivity contribution is 0.443. The van der Waals surface area contributed by atoms with Crippen LogP contribution >= 0.6 is 0 Å². The van der Waals surface area contributed by atoms with Crippen LogP contribution in [0.2, 0.25) is 0 Å². The number of hydrogen-bond acceptors (Lipinski definition) is 4. The van der Waals surface area contributed by atoms with Crippen LogP contribution in [0.25, 0.3) is 11.2 Å². The van der Waals surface area contributed by atoms with E-state index in [1.165, 1.54) is 0 Å². The largest absolute Gasteiger partial charge is 0.423 e. The van der Waals surface area contributed by atoms with E-state index >= 15 is 0 Å². The number of hydrogen-bond donors (Lipinski definition) is 0. The van der Waals surface area contributed by atoms with Crippen LogP contribution in [0, 0.1) is 0 Å². The third-order valence-corrected chi connectivity index (χ3v) is 2.97. The van der Waals surface area contributed by atoms with Gasteiger partial charge in [-0.05, 0) is 11.8 Å². The van der Waals surface area contributed by atoms with Gasteiger partial charge in [-0.2, -0.15) is 0 Å². The van der Waals surface area contributed by atoms with Gasteiger partial charge in [-0.1, -0.05) is 39.8 Å². The highest BCUT2D eigenvalue weighted by Crippen LogP contribution is 2.30. The van der Waals surface area contributed by atoms with Crippen molar-refractivity contribution in [2.24, 2.45) is 0 Å². The topological polar surface area (TPSA) is 60.4 Å². The van der Waals surface area contributed by atoms with Crippen LogP contribution in [0.4, 0.5) is 0 Å².